The predicted octanol–water partition coefficient (Wildman–Crippen LogP) is 0.939. The molecule has 0 aromatic carbocycles. The van der Waals surface area contributed by atoms with Crippen LogP contribution in [0.2, 0.25) is 0 Å². The second-order valence-electron chi connectivity index (χ2n) is 2.26. The number of aromatic nitrogens is 2. The van der Waals surface area contributed by atoms with Crippen molar-refractivity contribution in [3.8, 4) is 6.07 Å². The summed E-state index contributed by atoms with van der Waals surface area (Å²) in [5.74, 6) is -0.0930. The van der Waals surface area contributed by atoms with Crippen LogP contribution in [-0.4, -0.2) is 14.5 Å². The molecule has 0 aliphatic carbocycles. The second kappa shape index (κ2) is 3.41. The first kappa shape index (κ1) is 9.48. The summed E-state index contributed by atoms with van der Waals surface area (Å²) < 4.78 is 1.31. The Balaban J connectivity index is 3.38. The van der Waals surface area contributed by atoms with Gasteiger partial charge in [-0.25, -0.2) is 0 Å². The minimum absolute atomic E-state index is 0.0407. The number of hydrogen-bond acceptors (Lipinski definition) is 4. The highest BCUT2D eigenvalue weighted by atomic mass is 35.5. The van der Waals surface area contributed by atoms with Crippen molar-refractivity contribution in [3.63, 3.8) is 0 Å². The highest BCUT2D eigenvalue weighted by molar-refractivity contribution is 6.16. The van der Waals surface area contributed by atoms with E-state index in [4.69, 9.17) is 16.9 Å². The summed E-state index contributed by atoms with van der Waals surface area (Å²) in [7, 11) is 1.51. The SMILES string of the molecule is Cn1c(CCl)nc([N+](=O)[O-])c1C#N. The standard InChI is InChI=1S/C6H5ClN4O2/c1-10-4(3-8)6(11(12)13)9-5(10)2-7/h2H2,1H3. The van der Waals surface area contributed by atoms with Gasteiger partial charge in [0.15, 0.2) is 0 Å². The van der Waals surface area contributed by atoms with Crippen LogP contribution in [0.1, 0.15) is 11.5 Å². The van der Waals surface area contributed by atoms with Gasteiger partial charge in [-0.3, -0.25) is 4.57 Å². The van der Waals surface area contributed by atoms with E-state index in [1.165, 1.54) is 11.6 Å². The zero-order valence-electron chi connectivity index (χ0n) is 6.69. The van der Waals surface area contributed by atoms with E-state index < -0.39 is 10.7 Å². The van der Waals surface area contributed by atoms with Crippen molar-refractivity contribution < 1.29 is 4.92 Å². The quantitative estimate of drug-likeness (QED) is 0.404. The maximum absolute atomic E-state index is 10.4. The molecular formula is C6H5ClN4O2. The van der Waals surface area contributed by atoms with Crippen molar-refractivity contribution in [2.24, 2.45) is 7.05 Å². The fourth-order valence-electron chi connectivity index (χ4n) is 0.901. The molecule has 6 nitrogen and oxygen atoms in total. The average molecular weight is 201 g/mol. The van der Waals surface area contributed by atoms with Crippen LogP contribution < -0.4 is 0 Å². The molecule has 1 aromatic heterocycles. The van der Waals surface area contributed by atoms with Crippen molar-refractivity contribution in [3.05, 3.63) is 21.6 Å². The summed E-state index contributed by atoms with van der Waals surface area (Å²) in [4.78, 5) is 13.3. The van der Waals surface area contributed by atoms with Crippen LogP contribution in [0.3, 0.4) is 0 Å². The number of nitriles is 1. The molecule has 1 aromatic rings. The van der Waals surface area contributed by atoms with Gasteiger partial charge < -0.3 is 10.1 Å². The van der Waals surface area contributed by atoms with Gasteiger partial charge in [0.1, 0.15) is 11.9 Å². The number of halogens is 1. The van der Waals surface area contributed by atoms with Crippen LogP contribution in [0.4, 0.5) is 5.82 Å². The van der Waals surface area contributed by atoms with Gasteiger partial charge in [-0.05, 0) is 9.91 Å². The molecule has 0 amide bonds. The summed E-state index contributed by atoms with van der Waals surface area (Å²) in [6, 6.07) is 1.70. The molecule has 0 bridgehead atoms. The van der Waals surface area contributed by atoms with Gasteiger partial charge in [-0.1, -0.05) is 0 Å². The Morgan fingerprint density at radius 3 is 2.77 bits per heavy atom. The van der Waals surface area contributed by atoms with E-state index >= 15 is 0 Å². The molecule has 1 heterocycles. The van der Waals surface area contributed by atoms with Crippen LogP contribution >= 0.6 is 11.6 Å². The number of alkyl halides is 1. The molecule has 0 unspecified atom stereocenters. The highest BCUT2D eigenvalue weighted by Gasteiger charge is 2.24. The summed E-state index contributed by atoms with van der Waals surface area (Å²) in [5.41, 5.74) is -0.0827. The topological polar surface area (TPSA) is 84.8 Å². The Morgan fingerprint density at radius 1 is 1.85 bits per heavy atom. The van der Waals surface area contributed by atoms with E-state index in [-0.39, 0.29) is 11.6 Å². The molecule has 0 aliphatic rings. The van der Waals surface area contributed by atoms with Crippen LogP contribution in [-0.2, 0) is 12.9 Å². The van der Waals surface area contributed by atoms with Gasteiger partial charge in [0.25, 0.3) is 0 Å². The Labute approximate surface area is 78.5 Å². The summed E-state index contributed by atoms with van der Waals surface area (Å²) in [6.07, 6.45) is 0. The highest BCUT2D eigenvalue weighted by Crippen LogP contribution is 2.17. The van der Waals surface area contributed by atoms with Gasteiger partial charge in [0, 0.05) is 7.05 Å². The van der Waals surface area contributed by atoms with Gasteiger partial charge in [0.2, 0.25) is 11.5 Å². The number of imidazole rings is 1. The van der Waals surface area contributed by atoms with Crippen LogP contribution in [0.15, 0.2) is 0 Å². The first-order valence-electron chi connectivity index (χ1n) is 3.27. The summed E-state index contributed by atoms with van der Waals surface area (Å²) >= 11 is 5.46. The van der Waals surface area contributed by atoms with E-state index in [1.807, 2.05) is 0 Å². The number of rotatable bonds is 2. The summed E-state index contributed by atoms with van der Waals surface area (Å²) in [6.45, 7) is 0. The molecule has 0 spiro atoms. The van der Waals surface area contributed by atoms with E-state index in [0.717, 1.165) is 0 Å². The first-order valence-corrected chi connectivity index (χ1v) is 3.81. The zero-order chi connectivity index (χ0) is 10.0. The van der Waals surface area contributed by atoms with E-state index in [9.17, 15) is 10.1 Å². The third-order valence-electron chi connectivity index (χ3n) is 1.57. The molecule has 0 saturated heterocycles. The molecule has 0 fully saturated rings. The lowest BCUT2D eigenvalue weighted by atomic mass is 10.5. The van der Waals surface area contributed by atoms with Crippen LogP contribution in [0, 0.1) is 21.4 Å². The Bertz CT molecular complexity index is 392. The second-order valence-corrected chi connectivity index (χ2v) is 2.53. The molecule has 7 heteroatoms. The number of nitrogens with zero attached hydrogens (tertiary/aromatic N) is 4. The Hall–Kier alpha value is -1.61. The van der Waals surface area contributed by atoms with Gasteiger partial charge in [-0.15, -0.1) is 11.6 Å². The first-order chi connectivity index (χ1) is 6.11. The Morgan fingerprint density at radius 2 is 2.46 bits per heavy atom. The molecule has 0 radical (unpaired) electrons. The lowest BCUT2D eigenvalue weighted by molar-refractivity contribution is -0.389. The number of nitro groups is 1. The molecule has 1 rings (SSSR count). The smallest absolute Gasteiger partial charge is 0.358 e. The molecular weight excluding hydrogens is 196 g/mol. The molecule has 0 atom stereocenters. The van der Waals surface area contributed by atoms with Gasteiger partial charge >= 0.3 is 5.82 Å². The molecule has 0 aliphatic heterocycles. The summed E-state index contributed by atoms with van der Waals surface area (Å²) in [5, 5.41) is 19.0. The van der Waals surface area contributed by atoms with Crippen molar-refractivity contribution in [2.45, 2.75) is 5.88 Å². The van der Waals surface area contributed by atoms with Crippen molar-refractivity contribution in [2.75, 3.05) is 0 Å². The molecule has 0 N–H and O–H groups in total. The fourth-order valence-corrected chi connectivity index (χ4v) is 1.14. The van der Waals surface area contributed by atoms with E-state index in [1.54, 1.807) is 6.07 Å². The molecule has 0 saturated carbocycles. The third-order valence-corrected chi connectivity index (χ3v) is 1.81. The fraction of sp³-hybridized carbons (Fsp3) is 0.333. The maximum Gasteiger partial charge on any atom is 0.400 e. The van der Waals surface area contributed by atoms with Crippen LogP contribution in [0.25, 0.3) is 0 Å². The minimum Gasteiger partial charge on any atom is -0.358 e. The predicted molar refractivity (Wildman–Crippen MR) is 44.1 cm³/mol. The molecule has 13 heavy (non-hydrogen) atoms. The average Bonchev–Trinajstić information content (AvgIpc) is 2.42. The van der Waals surface area contributed by atoms with E-state index in [0.29, 0.717) is 5.82 Å². The van der Waals surface area contributed by atoms with Crippen molar-refractivity contribution in [1.29, 1.82) is 5.26 Å². The van der Waals surface area contributed by atoms with E-state index in [2.05, 4.69) is 4.98 Å². The lowest BCUT2D eigenvalue weighted by Crippen LogP contribution is -1.97. The maximum atomic E-state index is 10.4. The van der Waals surface area contributed by atoms with Gasteiger partial charge in [-0.2, -0.15) is 5.26 Å². The van der Waals surface area contributed by atoms with Crippen LogP contribution in [0.5, 0.6) is 0 Å². The minimum atomic E-state index is -0.700. The van der Waals surface area contributed by atoms with Crippen molar-refractivity contribution >= 4 is 17.4 Å². The molecule has 68 valence electrons. The Kier molecular flexibility index (Phi) is 2.49. The number of hydrogen-bond donors (Lipinski definition) is 0. The lowest BCUT2D eigenvalue weighted by Gasteiger charge is -1.91. The zero-order valence-corrected chi connectivity index (χ0v) is 7.45. The normalized spacial score (nSPS) is 9.62. The largest absolute Gasteiger partial charge is 0.400 e. The third kappa shape index (κ3) is 1.46. The van der Waals surface area contributed by atoms with Crippen molar-refractivity contribution in [1.82, 2.24) is 9.55 Å². The monoisotopic (exact) mass is 200 g/mol. The van der Waals surface area contributed by atoms with Gasteiger partial charge in [0.05, 0.1) is 0 Å².